The van der Waals surface area contributed by atoms with E-state index in [1.54, 1.807) is 23.6 Å². The Morgan fingerprint density at radius 1 is 1.55 bits per heavy atom. The average molecular weight is 372 g/mol. The van der Waals surface area contributed by atoms with Gasteiger partial charge in [-0.3, -0.25) is 0 Å². The molecule has 104 valence electrons. The highest BCUT2D eigenvalue weighted by molar-refractivity contribution is 9.10. The minimum Gasteiger partial charge on any atom is -0.331 e. The molecule has 0 bridgehead atoms. The number of aromatic nitrogens is 3. The van der Waals surface area contributed by atoms with Crippen LogP contribution >= 0.6 is 39.5 Å². The number of benzene rings is 1. The number of hydrogen-bond donors (Lipinski definition) is 1. The Bertz CT molecular complexity index is 807. The highest BCUT2D eigenvalue weighted by Gasteiger charge is 2.19. The molecule has 3 rings (SSSR count). The Kier molecular flexibility index (Phi) is 3.74. The van der Waals surface area contributed by atoms with E-state index in [0.29, 0.717) is 9.24 Å². The predicted octanol–water partition coefficient (Wildman–Crippen LogP) is 5.06. The van der Waals surface area contributed by atoms with Gasteiger partial charge >= 0.3 is 0 Å². The van der Waals surface area contributed by atoms with Crippen LogP contribution in [0.4, 0.5) is 4.39 Å². The normalized spacial score (nSPS) is 12.9. The summed E-state index contributed by atoms with van der Waals surface area (Å²) in [6, 6.07) is 3.24. The lowest BCUT2D eigenvalue weighted by molar-refractivity contribution is 0.569. The second-order valence-corrected chi connectivity index (χ2v) is 6.55. The van der Waals surface area contributed by atoms with Crippen molar-refractivity contribution in [2.45, 2.75) is 19.4 Å². The van der Waals surface area contributed by atoms with Gasteiger partial charge in [0.25, 0.3) is 0 Å². The number of thiazole rings is 1. The average Bonchev–Trinajstić information content (AvgIpc) is 3.02. The van der Waals surface area contributed by atoms with Crippen LogP contribution in [0.25, 0.3) is 11.0 Å². The summed E-state index contributed by atoms with van der Waals surface area (Å²) in [5, 5.41) is 2.92. The smallest absolute Gasteiger partial charge is 0.178 e. The van der Waals surface area contributed by atoms with E-state index in [4.69, 9.17) is 12.2 Å². The third kappa shape index (κ3) is 2.23. The Hall–Kier alpha value is -1.05. The number of halogens is 2. The molecule has 1 atom stereocenters. The zero-order chi connectivity index (χ0) is 14.3. The number of aromatic amines is 1. The molecule has 7 heteroatoms. The van der Waals surface area contributed by atoms with Gasteiger partial charge in [-0.2, -0.15) is 0 Å². The van der Waals surface area contributed by atoms with E-state index in [2.05, 4.69) is 32.8 Å². The Morgan fingerprint density at radius 2 is 2.35 bits per heavy atom. The largest absolute Gasteiger partial charge is 0.331 e. The fourth-order valence-corrected chi connectivity index (χ4v) is 3.79. The summed E-state index contributed by atoms with van der Waals surface area (Å²) in [5.74, 6) is -0.297. The SMILES string of the molecule is CCC(c1nccs1)n1c(=S)[nH]c2cc(Br)c(F)cc21. The lowest BCUT2D eigenvalue weighted by Gasteiger charge is -2.15. The molecule has 1 unspecified atom stereocenters. The van der Waals surface area contributed by atoms with E-state index in [1.807, 2.05) is 9.95 Å². The first-order chi connectivity index (χ1) is 9.61. The number of hydrogen-bond acceptors (Lipinski definition) is 3. The van der Waals surface area contributed by atoms with Gasteiger partial charge in [-0.15, -0.1) is 11.3 Å². The minimum atomic E-state index is -0.297. The maximum absolute atomic E-state index is 13.8. The third-order valence-electron chi connectivity index (χ3n) is 3.19. The van der Waals surface area contributed by atoms with E-state index >= 15 is 0 Å². The van der Waals surface area contributed by atoms with Crippen molar-refractivity contribution in [1.29, 1.82) is 0 Å². The number of nitrogens with zero attached hydrogens (tertiary/aromatic N) is 2. The summed E-state index contributed by atoms with van der Waals surface area (Å²) in [6.45, 7) is 2.07. The van der Waals surface area contributed by atoms with Gasteiger partial charge in [-0.25, -0.2) is 9.37 Å². The summed E-state index contributed by atoms with van der Waals surface area (Å²) in [5.41, 5.74) is 1.58. The van der Waals surface area contributed by atoms with Crippen molar-refractivity contribution in [3.63, 3.8) is 0 Å². The van der Waals surface area contributed by atoms with Crippen LogP contribution in [0.15, 0.2) is 28.2 Å². The number of nitrogens with one attached hydrogen (secondary N) is 1. The number of fused-ring (bicyclic) bond motifs is 1. The zero-order valence-corrected chi connectivity index (χ0v) is 13.8. The number of H-pyrrole nitrogens is 1. The molecule has 0 amide bonds. The lowest BCUT2D eigenvalue weighted by atomic mass is 10.2. The van der Waals surface area contributed by atoms with Crippen molar-refractivity contribution < 1.29 is 4.39 Å². The third-order valence-corrected chi connectivity index (χ3v) is 4.98. The van der Waals surface area contributed by atoms with Gasteiger partial charge < -0.3 is 9.55 Å². The predicted molar refractivity (Wildman–Crippen MR) is 85.3 cm³/mol. The van der Waals surface area contributed by atoms with Crippen LogP contribution < -0.4 is 0 Å². The highest BCUT2D eigenvalue weighted by atomic mass is 79.9. The fraction of sp³-hybridized carbons (Fsp3) is 0.231. The number of rotatable bonds is 3. The molecule has 2 heterocycles. The molecule has 0 fully saturated rings. The first-order valence-corrected chi connectivity index (χ1v) is 8.18. The van der Waals surface area contributed by atoms with E-state index in [1.165, 1.54) is 6.07 Å². The van der Waals surface area contributed by atoms with Crippen molar-refractivity contribution in [1.82, 2.24) is 14.5 Å². The van der Waals surface area contributed by atoms with Crippen LogP contribution in [0.5, 0.6) is 0 Å². The van der Waals surface area contributed by atoms with Crippen molar-refractivity contribution in [2.24, 2.45) is 0 Å². The first kappa shape index (κ1) is 13.9. The van der Waals surface area contributed by atoms with Crippen molar-refractivity contribution in [3.8, 4) is 0 Å². The molecule has 0 radical (unpaired) electrons. The maximum Gasteiger partial charge on any atom is 0.178 e. The van der Waals surface area contributed by atoms with Gasteiger partial charge in [0.2, 0.25) is 0 Å². The topological polar surface area (TPSA) is 33.6 Å². The first-order valence-electron chi connectivity index (χ1n) is 6.10. The second-order valence-electron chi connectivity index (χ2n) is 4.38. The molecule has 3 aromatic rings. The molecule has 2 aromatic heterocycles. The quantitative estimate of drug-likeness (QED) is 0.653. The number of imidazole rings is 1. The second kappa shape index (κ2) is 5.38. The molecule has 1 aromatic carbocycles. The monoisotopic (exact) mass is 371 g/mol. The lowest BCUT2D eigenvalue weighted by Crippen LogP contribution is -2.09. The molecule has 0 spiro atoms. The van der Waals surface area contributed by atoms with Gasteiger partial charge in [0.05, 0.1) is 21.5 Å². The van der Waals surface area contributed by atoms with E-state index in [-0.39, 0.29) is 11.9 Å². The Balaban J connectivity index is 2.27. The molecular formula is C13H11BrFN3S2. The van der Waals surface area contributed by atoms with Crippen molar-refractivity contribution in [3.05, 3.63) is 43.8 Å². The van der Waals surface area contributed by atoms with Crippen LogP contribution in [0.3, 0.4) is 0 Å². The van der Waals surface area contributed by atoms with Crippen LogP contribution in [0, 0.1) is 10.6 Å². The van der Waals surface area contributed by atoms with E-state index in [9.17, 15) is 4.39 Å². The van der Waals surface area contributed by atoms with Crippen LogP contribution in [-0.2, 0) is 0 Å². The summed E-state index contributed by atoms with van der Waals surface area (Å²) in [4.78, 5) is 7.50. The van der Waals surface area contributed by atoms with Crippen LogP contribution in [0.2, 0.25) is 0 Å². The molecule has 1 N–H and O–H groups in total. The summed E-state index contributed by atoms with van der Waals surface area (Å²) in [6.07, 6.45) is 2.62. The van der Waals surface area contributed by atoms with Gasteiger partial charge in [0.15, 0.2) is 4.77 Å². The Labute approximate surface area is 132 Å². The van der Waals surface area contributed by atoms with Crippen molar-refractivity contribution >= 4 is 50.5 Å². The van der Waals surface area contributed by atoms with Crippen molar-refractivity contribution in [2.75, 3.05) is 0 Å². The molecular weight excluding hydrogens is 361 g/mol. The molecule has 0 aliphatic carbocycles. The van der Waals surface area contributed by atoms with Gasteiger partial charge in [0, 0.05) is 17.6 Å². The fourth-order valence-electron chi connectivity index (χ4n) is 2.30. The maximum atomic E-state index is 13.8. The Morgan fingerprint density at radius 3 is 3.00 bits per heavy atom. The molecule has 0 aliphatic rings. The summed E-state index contributed by atoms with van der Waals surface area (Å²) < 4.78 is 16.8. The van der Waals surface area contributed by atoms with Gasteiger partial charge in [-0.1, -0.05) is 6.92 Å². The van der Waals surface area contributed by atoms with Crippen LogP contribution in [0.1, 0.15) is 24.4 Å². The molecule has 0 saturated heterocycles. The van der Waals surface area contributed by atoms with E-state index < -0.39 is 0 Å². The molecule has 3 nitrogen and oxygen atoms in total. The summed E-state index contributed by atoms with van der Waals surface area (Å²) >= 11 is 10.2. The highest BCUT2D eigenvalue weighted by Crippen LogP contribution is 2.30. The minimum absolute atomic E-state index is 0.0248. The zero-order valence-electron chi connectivity index (χ0n) is 10.6. The standard InChI is InChI=1S/C13H11BrFN3S2/c1-2-10(12-16-3-4-20-12)18-11-6-8(15)7(14)5-9(11)17-13(18)19/h3-6,10H,2H2,1H3,(H,17,19). The molecule has 20 heavy (non-hydrogen) atoms. The van der Waals surface area contributed by atoms with Gasteiger partial charge in [0.1, 0.15) is 10.8 Å². The molecule has 0 saturated carbocycles. The van der Waals surface area contributed by atoms with Gasteiger partial charge in [-0.05, 0) is 40.6 Å². The molecule has 0 aliphatic heterocycles. The van der Waals surface area contributed by atoms with E-state index in [0.717, 1.165) is 22.5 Å². The summed E-state index contributed by atoms with van der Waals surface area (Å²) in [7, 11) is 0. The van der Waals surface area contributed by atoms with Crippen LogP contribution in [-0.4, -0.2) is 14.5 Å².